The molecule has 1 saturated carbocycles. The van der Waals surface area contributed by atoms with Crippen LogP contribution in [-0.2, 0) is 4.79 Å². The van der Waals surface area contributed by atoms with Crippen LogP contribution in [-0.4, -0.2) is 22.8 Å². The molecule has 2 N–H and O–H groups in total. The molecule has 0 aromatic carbocycles. The number of carboxylic acid groups (broad SMARTS) is 1. The number of rotatable bonds is 3. The van der Waals surface area contributed by atoms with E-state index in [4.69, 9.17) is 10.2 Å². The molecule has 3 nitrogen and oxygen atoms in total. The zero-order valence-corrected chi connectivity index (χ0v) is 6.94. The number of carboxylic acids is 1. The number of allylic oxidation sites excluding steroid dienone is 1. The van der Waals surface area contributed by atoms with Gasteiger partial charge in [0.05, 0.1) is 0 Å². The molecule has 0 bridgehead atoms. The highest BCUT2D eigenvalue weighted by Gasteiger charge is 2.21. The highest BCUT2D eigenvalue weighted by Crippen LogP contribution is 2.31. The maximum atomic E-state index is 10.2. The van der Waals surface area contributed by atoms with E-state index < -0.39 is 5.97 Å². The SMILES string of the molecule is O=C(O)/C=C/C1CCC(CO)C1. The highest BCUT2D eigenvalue weighted by molar-refractivity contribution is 5.79. The maximum absolute atomic E-state index is 10.2. The van der Waals surface area contributed by atoms with Gasteiger partial charge in [0.25, 0.3) is 0 Å². The topological polar surface area (TPSA) is 57.5 Å². The van der Waals surface area contributed by atoms with Crippen molar-refractivity contribution in [3.8, 4) is 0 Å². The van der Waals surface area contributed by atoms with E-state index in [1.807, 2.05) is 0 Å². The Morgan fingerprint density at radius 2 is 2.25 bits per heavy atom. The molecular weight excluding hydrogens is 156 g/mol. The van der Waals surface area contributed by atoms with Crippen molar-refractivity contribution in [2.75, 3.05) is 6.61 Å². The Kier molecular flexibility index (Phi) is 3.29. The molecule has 1 rings (SSSR count). The lowest BCUT2D eigenvalue weighted by Gasteiger charge is -2.02. The first kappa shape index (κ1) is 9.26. The van der Waals surface area contributed by atoms with Crippen molar-refractivity contribution in [1.82, 2.24) is 0 Å². The van der Waals surface area contributed by atoms with Crippen molar-refractivity contribution in [3.63, 3.8) is 0 Å². The van der Waals surface area contributed by atoms with Crippen molar-refractivity contribution in [2.24, 2.45) is 11.8 Å². The lowest BCUT2D eigenvalue weighted by atomic mass is 10.1. The van der Waals surface area contributed by atoms with Crippen LogP contribution in [0.3, 0.4) is 0 Å². The fraction of sp³-hybridized carbons (Fsp3) is 0.667. The molecule has 1 aliphatic rings. The smallest absolute Gasteiger partial charge is 0.327 e. The van der Waals surface area contributed by atoms with Gasteiger partial charge in [0.2, 0.25) is 0 Å². The minimum absolute atomic E-state index is 0.234. The van der Waals surface area contributed by atoms with Crippen LogP contribution in [0.2, 0.25) is 0 Å². The molecule has 0 spiro atoms. The summed E-state index contributed by atoms with van der Waals surface area (Å²) in [5.74, 6) is -0.144. The third-order valence-corrected chi connectivity index (χ3v) is 2.35. The van der Waals surface area contributed by atoms with E-state index in [0.29, 0.717) is 11.8 Å². The number of aliphatic hydroxyl groups excluding tert-OH is 1. The van der Waals surface area contributed by atoms with Crippen LogP contribution in [0.25, 0.3) is 0 Å². The van der Waals surface area contributed by atoms with Gasteiger partial charge in [-0.15, -0.1) is 0 Å². The summed E-state index contributed by atoms with van der Waals surface area (Å²) in [4.78, 5) is 10.2. The third kappa shape index (κ3) is 2.66. The molecule has 0 aromatic rings. The molecule has 12 heavy (non-hydrogen) atoms. The molecule has 68 valence electrons. The van der Waals surface area contributed by atoms with Gasteiger partial charge in [-0.3, -0.25) is 0 Å². The summed E-state index contributed by atoms with van der Waals surface area (Å²) in [6, 6.07) is 0. The molecule has 0 heterocycles. The average molecular weight is 170 g/mol. The van der Waals surface area contributed by atoms with Gasteiger partial charge in [-0.25, -0.2) is 4.79 Å². The molecule has 0 aliphatic heterocycles. The van der Waals surface area contributed by atoms with Crippen LogP contribution >= 0.6 is 0 Å². The Morgan fingerprint density at radius 1 is 1.50 bits per heavy atom. The van der Waals surface area contributed by atoms with Crippen LogP contribution in [0.15, 0.2) is 12.2 Å². The Hall–Kier alpha value is -0.830. The van der Waals surface area contributed by atoms with Crippen LogP contribution < -0.4 is 0 Å². The minimum Gasteiger partial charge on any atom is -0.478 e. The van der Waals surface area contributed by atoms with E-state index >= 15 is 0 Å². The summed E-state index contributed by atoms with van der Waals surface area (Å²) in [7, 11) is 0. The fourth-order valence-corrected chi connectivity index (χ4v) is 1.67. The summed E-state index contributed by atoms with van der Waals surface area (Å²) >= 11 is 0. The maximum Gasteiger partial charge on any atom is 0.327 e. The number of aliphatic hydroxyl groups is 1. The largest absolute Gasteiger partial charge is 0.478 e. The third-order valence-electron chi connectivity index (χ3n) is 2.35. The first-order chi connectivity index (χ1) is 5.72. The Balaban J connectivity index is 2.32. The van der Waals surface area contributed by atoms with Gasteiger partial charge in [0.1, 0.15) is 0 Å². The predicted molar refractivity (Wildman–Crippen MR) is 44.7 cm³/mol. The van der Waals surface area contributed by atoms with Crippen molar-refractivity contribution in [3.05, 3.63) is 12.2 Å². The standard InChI is InChI=1S/C9H14O3/c10-6-8-2-1-7(5-8)3-4-9(11)12/h3-4,7-8,10H,1-2,5-6H2,(H,11,12)/b4-3+. The van der Waals surface area contributed by atoms with Crippen LogP contribution in [0.4, 0.5) is 0 Å². The monoisotopic (exact) mass is 170 g/mol. The van der Waals surface area contributed by atoms with Crippen molar-refractivity contribution in [2.45, 2.75) is 19.3 Å². The van der Waals surface area contributed by atoms with Crippen LogP contribution in [0.1, 0.15) is 19.3 Å². The molecule has 0 aromatic heterocycles. The van der Waals surface area contributed by atoms with Crippen molar-refractivity contribution < 1.29 is 15.0 Å². The fourth-order valence-electron chi connectivity index (χ4n) is 1.67. The van der Waals surface area contributed by atoms with E-state index in [-0.39, 0.29) is 6.61 Å². The van der Waals surface area contributed by atoms with Gasteiger partial charge < -0.3 is 10.2 Å². The summed E-state index contributed by atoms with van der Waals surface area (Å²) < 4.78 is 0. The highest BCUT2D eigenvalue weighted by atomic mass is 16.4. The van der Waals surface area contributed by atoms with Crippen molar-refractivity contribution in [1.29, 1.82) is 0 Å². The van der Waals surface area contributed by atoms with E-state index in [2.05, 4.69) is 0 Å². The molecule has 2 atom stereocenters. The number of carbonyl (C=O) groups is 1. The summed E-state index contributed by atoms with van der Waals surface area (Å²) in [5, 5.41) is 17.2. The van der Waals surface area contributed by atoms with E-state index in [1.165, 1.54) is 6.08 Å². The Bertz CT molecular complexity index is 186. The van der Waals surface area contributed by atoms with Gasteiger partial charge in [-0.2, -0.15) is 0 Å². The number of hydrogen-bond donors (Lipinski definition) is 2. The van der Waals surface area contributed by atoms with Gasteiger partial charge in [-0.1, -0.05) is 6.08 Å². The zero-order valence-electron chi connectivity index (χ0n) is 6.94. The van der Waals surface area contributed by atoms with Crippen LogP contribution in [0.5, 0.6) is 0 Å². The molecular formula is C9H14O3. The summed E-state index contributed by atoms with van der Waals surface area (Å²) in [5.41, 5.74) is 0. The lowest BCUT2D eigenvalue weighted by Crippen LogP contribution is -2.00. The quantitative estimate of drug-likeness (QED) is 0.622. The van der Waals surface area contributed by atoms with Gasteiger partial charge in [-0.05, 0) is 31.1 Å². The Labute approximate surface area is 71.7 Å². The molecule has 3 heteroatoms. The molecule has 1 fully saturated rings. The molecule has 2 unspecified atom stereocenters. The zero-order chi connectivity index (χ0) is 8.97. The van der Waals surface area contributed by atoms with Crippen LogP contribution in [0, 0.1) is 11.8 Å². The van der Waals surface area contributed by atoms with E-state index in [1.54, 1.807) is 6.08 Å². The average Bonchev–Trinajstić information content (AvgIpc) is 2.48. The summed E-state index contributed by atoms with van der Waals surface area (Å²) in [6.45, 7) is 0.234. The van der Waals surface area contributed by atoms with E-state index in [9.17, 15) is 4.79 Å². The van der Waals surface area contributed by atoms with Gasteiger partial charge in [0, 0.05) is 12.7 Å². The van der Waals surface area contributed by atoms with Gasteiger partial charge in [0.15, 0.2) is 0 Å². The van der Waals surface area contributed by atoms with Crippen molar-refractivity contribution >= 4 is 5.97 Å². The summed E-state index contributed by atoms with van der Waals surface area (Å²) in [6.07, 6.45) is 5.89. The minimum atomic E-state index is -0.887. The van der Waals surface area contributed by atoms with E-state index in [0.717, 1.165) is 19.3 Å². The predicted octanol–water partition coefficient (Wildman–Crippen LogP) is 1.04. The first-order valence-electron chi connectivity index (χ1n) is 4.24. The second-order valence-corrected chi connectivity index (χ2v) is 3.32. The first-order valence-corrected chi connectivity index (χ1v) is 4.24. The lowest BCUT2D eigenvalue weighted by molar-refractivity contribution is -0.131. The molecule has 0 radical (unpaired) electrons. The molecule has 0 amide bonds. The van der Waals surface area contributed by atoms with Gasteiger partial charge >= 0.3 is 5.97 Å². The second kappa shape index (κ2) is 4.26. The number of hydrogen-bond acceptors (Lipinski definition) is 2. The second-order valence-electron chi connectivity index (χ2n) is 3.32. The number of aliphatic carboxylic acids is 1. The Morgan fingerprint density at radius 3 is 2.75 bits per heavy atom. The normalized spacial score (nSPS) is 29.8. The molecule has 1 aliphatic carbocycles. The molecule has 0 saturated heterocycles.